The van der Waals surface area contributed by atoms with E-state index in [1.165, 1.54) is 11.1 Å². The van der Waals surface area contributed by atoms with Gasteiger partial charge in [0.25, 0.3) is 0 Å². The predicted molar refractivity (Wildman–Crippen MR) is 64.0 cm³/mol. The van der Waals surface area contributed by atoms with Crippen LogP contribution in [0.1, 0.15) is 30.0 Å². The molecule has 2 N–H and O–H groups in total. The SMILES string of the molecule is Cc1ccc(-c2cnc(C(C)N)o2)c(C)c1. The topological polar surface area (TPSA) is 52.0 Å². The Bertz CT molecular complexity index is 500. The number of hydrogen-bond donors (Lipinski definition) is 1. The lowest BCUT2D eigenvalue weighted by Crippen LogP contribution is -2.04. The average Bonchev–Trinajstić information content (AvgIpc) is 2.66. The summed E-state index contributed by atoms with van der Waals surface area (Å²) in [6.07, 6.45) is 1.73. The molecule has 0 bridgehead atoms. The molecule has 0 radical (unpaired) electrons. The third-order valence-electron chi connectivity index (χ3n) is 2.56. The maximum Gasteiger partial charge on any atom is 0.211 e. The van der Waals surface area contributed by atoms with E-state index in [-0.39, 0.29) is 6.04 Å². The summed E-state index contributed by atoms with van der Waals surface area (Å²) in [5.41, 5.74) is 9.22. The van der Waals surface area contributed by atoms with E-state index in [1.807, 2.05) is 6.92 Å². The van der Waals surface area contributed by atoms with Crippen molar-refractivity contribution in [3.63, 3.8) is 0 Å². The fraction of sp³-hybridized carbons (Fsp3) is 0.308. The Balaban J connectivity index is 2.42. The molecule has 1 heterocycles. The first-order chi connectivity index (χ1) is 7.58. The molecule has 0 aliphatic carbocycles. The molecule has 2 aromatic rings. The van der Waals surface area contributed by atoms with Crippen LogP contribution in [-0.4, -0.2) is 4.98 Å². The van der Waals surface area contributed by atoms with Crippen molar-refractivity contribution in [2.75, 3.05) is 0 Å². The standard InChI is InChI=1S/C13H16N2O/c1-8-4-5-11(9(2)6-8)12-7-15-13(16-12)10(3)14/h4-7,10H,14H2,1-3H3. The van der Waals surface area contributed by atoms with E-state index in [4.69, 9.17) is 10.2 Å². The molecule has 1 aromatic carbocycles. The Morgan fingerprint density at radius 1 is 1.31 bits per heavy atom. The van der Waals surface area contributed by atoms with Crippen LogP contribution in [0.3, 0.4) is 0 Å². The van der Waals surface area contributed by atoms with Gasteiger partial charge in [0.15, 0.2) is 5.76 Å². The van der Waals surface area contributed by atoms with Crippen LogP contribution in [0, 0.1) is 13.8 Å². The predicted octanol–water partition coefficient (Wildman–Crippen LogP) is 2.98. The smallest absolute Gasteiger partial charge is 0.211 e. The fourth-order valence-corrected chi connectivity index (χ4v) is 1.71. The van der Waals surface area contributed by atoms with Crippen LogP contribution in [0.5, 0.6) is 0 Å². The van der Waals surface area contributed by atoms with Crippen molar-refractivity contribution in [1.29, 1.82) is 0 Å². The molecule has 0 spiro atoms. The highest BCUT2D eigenvalue weighted by atomic mass is 16.4. The second kappa shape index (κ2) is 4.10. The van der Waals surface area contributed by atoms with E-state index < -0.39 is 0 Å². The lowest BCUT2D eigenvalue weighted by Gasteiger charge is -2.03. The normalized spacial score (nSPS) is 12.8. The molecule has 1 atom stereocenters. The highest BCUT2D eigenvalue weighted by molar-refractivity contribution is 5.61. The van der Waals surface area contributed by atoms with Gasteiger partial charge in [-0.2, -0.15) is 0 Å². The summed E-state index contributed by atoms with van der Waals surface area (Å²) in [6.45, 7) is 6.00. The van der Waals surface area contributed by atoms with Gasteiger partial charge < -0.3 is 10.2 Å². The molecule has 3 heteroatoms. The van der Waals surface area contributed by atoms with E-state index in [0.29, 0.717) is 5.89 Å². The Kier molecular flexibility index (Phi) is 2.79. The molecular weight excluding hydrogens is 200 g/mol. The monoisotopic (exact) mass is 216 g/mol. The first-order valence-electron chi connectivity index (χ1n) is 5.37. The molecular formula is C13H16N2O. The Hall–Kier alpha value is -1.61. The quantitative estimate of drug-likeness (QED) is 0.839. The van der Waals surface area contributed by atoms with Gasteiger partial charge in [-0.1, -0.05) is 23.8 Å². The molecule has 0 aliphatic heterocycles. The lowest BCUT2D eigenvalue weighted by atomic mass is 10.0. The zero-order valence-electron chi connectivity index (χ0n) is 9.82. The number of rotatable bonds is 2. The Labute approximate surface area is 95.3 Å². The molecule has 16 heavy (non-hydrogen) atoms. The third kappa shape index (κ3) is 1.99. The average molecular weight is 216 g/mol. The largest absolute Gasteiger partial charge is 0.439 e. The summed E-state index contributed by atoms with van der Waals surface area (Å²) in [5, 5.41) is 0. The highest BCUT2D eigenvalue weighted by Gasteiger charge is 2.11. The summed E-state index contributed by atoms with van der Waals surface area (Å²) in [4.78, 5) is 4.16. The number of oxazole rings is 1. The van der Waals surface area contributed by atoms with Crippen LogP contribution >= 0.6 is 0 Å². The summed E-state index contributed by atoms with van der Waals surface area (Å²) in [7, 11) is 0. The molecule has 84 valence electrons. The molecule has 3 nitrogen and oxygen atoms in total. The van der Waals surface area contributed by atoms with Crippen molar-refractivity contribution in [2.45, 2.75) is 26.8 Å². The second-order valence-electron chi connectivity index (χ2n) is 4.17. The van der Waals surface area contributed by atoms with Crippen molar-refractivity contribution in [3.8, 4) is 11.3 Å². The minimum Gasteiger partial charge on any atom is -0.439 e. The van der Waals surface area contributed by atoms with Crippen LogP contribution in [0.4, 0.5) is 0 Å². The van der Waals surface area contributed by atoms with Crippen molar-refractivity contribution in [2.24, 2.45) is 5.73 Å². The number of nitrogens with two attached hydrogens (primary N) is 1. The Morgan fingerprint density at radius 3 is 2.62 bits per heavy atom. The van der Waals surface area contributed by atoms with E-state index in [0.717, 1.165) is 11.3 Å². The maximum atomic E-state index is 5.71. The van der Waals surface area contributed by atoms with Crippen LogP contribution in [0.2, 0.25) is 0 Å². The van der Waals surface area contributed by atoms with Gasteiger partial charge in [0.05, 0.1) is 12.2 Å². The fourth-order valence-electron chi connectivity index (χ4n) is 1.71. The second-order valence-corrected chi connectivity index (χ2v) is 4.17. The molecule has 0 amide bonds. The number of benzene rings is 1. The summed E-state index contributed by atoms with van der Waals surface area (Å²) >= 11 is 0. The van der Waals surface area contributed by atoms with Crippen LogP contribution < -0.4 is 5.73 Å². The lowest BCUT2D eigenvalue weighted by molar-refractivity contribution is 0.473. The maximum absolute atomic E-state index is 5.71. The molecule has 0 saturated carbocycles. The third-order valence-corrected chi connectivity index (χ3v) is 2.56. The first kappa shape index (κ1) is 10.9. The van der Waals surface area contributed by atoms with Crippen LogP contribution in [-0.2, 0) is 0 Å². The summed E-state index contributed by atoms with van der Waals surface area (Å²) in [5.74, 6) is 1.36. The summed E-state index contributed by atoms with van der Waals surface area (Å²) < 4.78 is 5.62. The van der Waals surface area contributed by atoms with Crippen molar-refractivity contribution >= 4 is 0 Å². The zero-order valence-corrected chi connectivity index (χ0v) is 9.82. The number of hydrogen-bond acceptors (Lipinski definition) is 3. The van der Waals surface area contributed by atoms with Gasteiger partial charge in [-0.15, -0.1) is 0 Å². The van der Waals surface area contributed by atoms with Crippen LogP contribution in [0.25, 0.3) is 11.3 Å². The van der Waals surface area contributed by atoms with Gasteiger partial charge in [-0.05, 0) is 26.3 Å². The highest BCUT2D eigenvalue weighted by Crippen LogP contribution is 2.26. The number of aryl methyl sites for hydroxylation is 2. The van der Waals surface area contributed by atoms with E-state index in [9.17, 15) is 0 Å². The Morgan fingerprint density at radius 2 is 2.06 bits per heavy atom. The molecule has 1 aromatic heterocycles. The van der Waals surface area contributed by atoms with E-state index >= 15 is 0 Å². The van der Waals surface area contributed by atoms with Crippen molar-refractivity contribution < 1.29 is 4.42 Å². The zero-order chi connectivity index (χ0) is 11.7. The van der Waals surface area contributed by atoms with E-state index in [1.54, 1.807) is 6.20 Å². The van der Waals surface area contributed by atoms with Gasteiger partial charge in [0.2, 0.25) is 5.89 Å². The van der Waals surface area contributed by atoms with Gasteiger partial charge in [0.1, 0.15) is 0 Å². The minimum atomic E-state index is -0.167. The molecule has 0 aliphatic rings. The van der Waals surface area contributed by atoms with Crippen LogP contribution in [0.15, 0.2) is 28.8 Å². The molecule has 1 unspecified atom stereocenters. The molecule has 0 saturated heterocycles. The molecule has 0 fully saturated rings. The van der Waals surface area contributed by atoms with Crippen molar-refractivity contribution in [1.82, 2.24) is 4.98 Å². The van der Waals surface area contributed by atoms with Gasteiger partial charge in [-0.3, -0.25) is 0 Å². The van der Waals surface area contributed by atoms with Gasteiger partial charge in [-0.25, -0.2) is 4.98 Å². The number of nitrogens with zero attached hydrogens (tertiary/aromatic N) is 1. The van der Waals surface area contributed by atoms with Crippen molar-refractivity contribution in [3.05, 3.63) is 41.4 Å². The first-order valence-corrected chi connectivity index (χ1v) is 5.37. The van der Waals surface area contributed by atoms with E-state index in [2.05, 4.69) is 37.0 Å². The summed E-state index contributed by atoms with van der Waals surface area (Å²) in [6, 6.07) is 6.08. The minimum absolute atomic E-state index is 0.167. The number of aromatic nitrogens is 1. The van der Waals surface area contributed by atoms with Gasteiger partial charge in [0, 0.05) is 5.56 Å². The molecule has 2 rings (SSSR count). The van der Waals surface area contributed by atoms with Gasteiger partial charge >= 0.3 is 0 Å².